The molecule has 1 N–H and O–H groups in total. The Labute approximate surface area is 126 Å². The lowest BCUT2D eigenvalue weighted by Gasteiger charge is -2.24. The summed E-state index contributed by atoms with van der Waals surface area (Å²) in [6.07, 6.45) is 2.05. The van der Waals surface area contributed by atoms with Gasteiger partial charge in [0, 0.05) is 37.2 Å². The van der Waals surface area contributed by atoms with Gasteiger partial charge in [-0.25, -0.2) is 4.39 Å². The van der Waals surface area contributed by atoms with Gasteiger partial charge in [-0.1, -0.05) is 0 Å². The van der Waals surface area contributed by atoms with Gasteiger partial charge in [-0.15, -0.1) is 0 Å². The van der Waals surface area contributed by atoms with Crippen LogP contribution < -0.4 is 10.2 Å². The van der Waals surface area contributed by atoms with E-state index in [1.54, 1.807) is 6.07 Å². The number of nitrogens with zero attached hydrogens (tertiary/aromatic N) is 2. The minimum absolute atomic E-state index is 0.193. The molecule has 0 aliphatic carbocycles. The number of aryl methyl sites for hydroxylation is 1. The largest absolute Gasteiger partial charge is 0.379 e. The van der Waals surface area contributed by atoms with Crippen molar-refractivity contribution in [3.63, 3.8) is 0 Å². The summed E-state index contributed by atoms with van der Waals surface area (Å²) in [5.74, 6) is -0.193. The first-order valence-corrected chi connectivity index (χ1v) is 7.43. The number of aromatic nitrogens is 1. The Morgan fingerprint density at radius 2 is 2.05 bits per heavy atom. The second-order valence-corrected chi connectivity index (χ2v) is 5.51. The van der Waals surface area contributed by atoms with Crippen LogP contribution in [0.25, 0.3) is 0 Å². The number of anilines is 2. The van der Waals surface area contributed by atoms with E-state index in [4.69, 9.17) is 0 Å². The molecule has 0 amide bonds. The van der Waals surface area contributed by atoms with Crippen LogP contribution in [0.15, 0.2) is 36.5 Å². The van der Waals surface area contributed by atoms with Crippen molar-refractivity contribution in [3.8, 4) is 0 Å². The summed E-state index contributed by atoms with van der Waals surface area (Å²) in [6, 6.07) is 9.70. The van der Waals surface area contributed by atoms with E-state index in [2.05, 4.69) is 29.1 Å². The molecule has 114 valence electrons. The molecule has 1 aromatic heterocycles. The molecule has 0 spiro atoms. The Kier molecular flexibility index (Phi) is 4.89. The fraction of sp³-hybridized carbons (Fsp3) is 0.412. The molecule has 2 aromatic rings. The van der Waals surface area contributed by atoms with Crippen LogP contribution in [0.3, 0.4) is 0 Å². The first-order chi connectivity index (χ1) is 10.0. The molecule has 1 heterocycles. The van der Waals surface area contributed by atoms with Crippen molar-refractivity contribution >= 4 is 11.4 Å². The molecule has 0 fully saturated rings. The van der Waals surface area contributed by atoms with Crippen molar-refractivity contribution in [1.82, 2.24) is 4.57 Å². The van der Waals surface area contributed by atoms with Crippen molar-refractivity contribution < 1.29 is 4.39 Å². The zero-order valence-corrected chi connectivity index (χ0v) is 13.2. The number of hydrogen-bond donors (Lipinski definition) is 1. The highest BCUT2D eigenvalue weighted by Gasteiger charge is 2.11. The summed E-state index contributed by atoms with van der Waals surface area (Å²) in [5, 5.41) is 3.28. The zero-order valence-electron chi connectivity index (χ0n) is 13.2. The van der Waals surface area contributed by atoms with E-state index in [0.29, 0.717) is 12.2 Å². The van der Waals surface area contributed by atoms with Gasteiger partial charge in [-0.3, -0.25) is 0 Å². The summed E-state index contributed by atoms with van der Waals surface area (Å²) in [6.45, 7) is 7.84. The Balaban J connectivity index is 2.07. The molecule has 0 radical (unpaired) electrons. The topological polar surface area (TPSA) is 20.2 Å². The van der Waals surface area contributed by atoms with Crippen molar-refractivity contribution in [2.75, 3.05) is 17.3 Å². The Morgan fingerprint density at radius 3 is 2.67 bits per heavy atom. The van der Waals surface area contributed by atoms with Gasteiger partial charge in [-0.2, -0.15) is 0 Å². The van der Waals surface area contributed by atoms with Gasteiger partial charge < -0.3 is 14.8 Å². The lowest BCUT2D eigenvalue weighted by molar-refractivity contribution is 0.614. The SMILES string of the molecule is CCn1cccc1CNc1ccc(N(C)C(C)C)c(F)c1. The van der Waals surface area contributed by atoms with Gasteiger partial charge in [0.05, 0.1) is 12.2 Å². The van der Waals surface area contributed by atoms with Crippen LogP contribution in [0.2, 0.25) is 0 Å². The van der Waals surface area contributed by atoms with E-state index in [9.17, 15) is 4.39 Å². The van der Waals surface area contributed by atoms with Crippen molar-refractivity contribution in [3.05, 3.63) is 48.0 Å². The monoisotopic (exact) mass is 289 g/mol. The van der Waals surface area contributed by atoms with Gasteiger partial charge in [0.25, 0.3) is 0 Å². The molecular formula is C17H24FN3. The molecule has 1 aromatic carbocycles. The highest BCUT2D eigenvalue weighted by atomic mass is 19.1. The predicted octanol–water partition coefficient (Wildman–Crippen LogP) is 4.10. The van der Waals surface area contributed by atoms with E-state index in [1.807, 2.05) is 44.0 Å². The molecule has 21 heavy (non-hydrogen) atoms. The van der Waals surface area contributed by atoms with E-state index in [-0.39, 0.29) is 11.9 Å². The summed E-state index contributed by atoms with van der Waals surface area (Å²) in [7, 11) is 1.91. The fourth-order valence-electron chi connectivity index (χ4n) is 2.29. The molecule has 0 atom stereocenters. The van der Waals surface area contributed by atoms with E-state index in [1.165, 1.54) is 5.69 Å². The van der Waals surface area contributed by atoms with Crippen LogP contribution >= 0.6 is 0 Å². The first kappa shape index (κ1) is 15.4. The normalized spacial score (nSPS) is 11.0. The quantitative estimate of drug-likeness (QED) is 0.864. The average Bonchev–Trinajstić information content (AvgIpc) is 2.91. The van der Waals surface area contributed by atoms with E-state index >= 15 is 0 Å². The fourth-order valence-corrected chi connectivity index (χ4v) is 2.29. The summed E-state index contributed by atoms with van der Waals surface area (Å²) >= 11 is 0. The molecule has 0 saturated carbocycles. The summed E-state index contributed by atoms with van der Waals surface area (Å²) < 4.78 is 16.4. The molecule has 0 aliphatic rings. The lowest BCUT2D eigenvalue weighted by Crippen LogP contribution is -2.26. The Bertz CT molecular complexity index is 589. The molecule has 3 nitrogen and oxygen atoms in total. The third kappa shape index (κ3) is 3.57. The number of halogens is 1. The molecule has 0 saturated heterocycles. The Hall–Kier alpha value is -1.97. The maximum absolute atomic E-state index is 14.2. The number of benzene rings is 1. The van der Waals surface area contributed by atoms with Crippen LogP contribution in [0, 0.1) is 5.82 Å². The number of nitrogens with one attached hydrogen (secondary N) is 1. The lowest BCUT2D eigenvalue weighted by atomic mass is 10.2. The van der Waals surface area contributed by atoms with E-state index in [0.717, 1.165) is 12.2 Å². The highest BCUT2D eigenvalue weighted by molar-refractivity contribution is 5.56. The predicted molar refractivity (Wildman–Crippen MR) is 87.4 cm³/mol. The molecule has 0 bridgehead atoms. The number of rotatable bonds is 6. The van der Waals surface area contributed by atoms with Crippen molar-refractivity contribution in [1.29, 1.82) is 0 Å². The third-order valence-corrected chi connectivity index (χ3v) is 3.84. The van der Waals surface area contributed by atoms with Gasteiger partial charge in [0.15, 0.2) is 0 Å². The number of hydrogen-bond acceptors (Lipinski definition) is 2. The van der Waals surface area contributed by atoms with Crippen molar-refractivity contribution in [2.45, 2.75) is 39.9 Å². The first-order valence-electron chi connectivity index (χ1n) is 7.43. The van der Waals surface area contributed by atoms with Gasteiger partial charge >= 0.3 is 0 Å². The highest BCUT2D eigenvalue weighted by Crippen LogP contribution is 2.23. The minimum Gasteiger partial charge on any atom is -0.379 e. The zero-order chi connectivity index (χ0) is 15.4. The molecule has 0 aliphatic heterocycles. The van der Waals surface area contributed by atoms with Crippen molar-refractivity contribution in [2.24, 2.45) is 0 Å². The smallest absolute Gasteiger partial charge is 0.148 e. The molecular weight excluding hydrogens is 265 g/mol. The molecule has 4 heteroatoms. The van der Waals surface area contributed by atoms with Gasteiger partial charge in [-0.05, 0) is 51.1 Å². The maximum Gasteiger partial charge on any atom is 0.148 e. The minimum atomic E-state index is -0.193. The Morgan fingerprint density at radius 1 is 1.29 bits per heavy atom. The van der Waals surface area contributed by atoms with Crippen LogP contribution in [-0.4, -0.2) is 17.7 Å². The molecule has 0 unspecified atom stereocenters. The van der Waals surface area contributed by atoms with Crippen LogP contribution in [0.1, 0.15) is 26.5 Å². The van der Waals surface area contributed by atoms with Crippen LogP contribution in [-0.2, 0) is 13.1 Å². The summed E-state index contributed by atoms with van der Waals surface area (Å²) in [4.78, 5) is 1.93. The molecule has 2 rings (SSSR count). The maximum atomic E-state index is 14.2. The second-order valence-electron chi connectivity index (χ2n) is 5.51. The van der Waals surface area contributed by atoms with Crippen LogP contribution in [0.4, 0.5) is 15.8 Å². The standard InChI is InChI=1S/C17H24FN3/c1-5-21-10-6-7-15(21)12-19-14-8-9-17(16(18)11-14)20(4)13(2)3/h6-11,13,19H,5,12H2,1-4H3. The summed E-state index contributed by atoms with van der Waals surface area (Å²) in [5.41, 5.74) is 2.63. The third-order valence-electron chi connectivity index (χ3n) is 3.84. The average molecular weight is 289 g/mol. The second kappa shape index (κ2) is 6.66. The van der Waals surface area contributed by atoms with Crippen LogP contribution in [0.5, 0.6) is 0 Å². The van der Waals surface area contributed by atoms with Gasteiger partial charge in [0.2, 0.25) is 0 Å². The van der Waals surface area contributed by atoms with Gasteiger partial charge in [0.1, 0.15) is 5.82 Å². The van der Waals surface area contributed by atoms with E-state index < -0.39 is 0 Å².